The minimum Gasteiger partial charge on any atom is -0.494 e. The molecule has 0 aliphatic carbocycles. The van der Waals surface area contributed by atoms with Gasteiger partial charge in [0.25, 0.3) is 0 Å². The van der Waals surface area contributed by atoms with Crippen LogP contribution < -0.4 is 4.74 Å². The van der Waals surface area contributed by atoms with Crippen LogP contribution in [0.5, 0.6) is 5.75 Å². The molecule has 0 saturated carbocycles. The Balaban J connectivity index is 3.20. The number of halogens is 2. The van der Waals surface area contributed by atoms with E-state index < -0.39 is 6.10 Å². The van der Waals surface area contributed by atoms with Gasteiger partial charge in [0.2, 0.25) is 0 Å². The van der Waals surface area contributed by atoms with Gasteiger partial charge in [0.05, 0.1) is 22.2 Å². The molecule has 2 nitrogen and oxygen atoms in total. The fourth-order valence-electron chi connectivity index (χ4n) is 1.02. The Morgan fingerprint density at radius 2 is 1.77 bits per heavy atom. The van der Waals surface area contributed by atoms with Crippen molar-refractivity contribution >= 4 is 31.9 Å². The van der Waals surface area contributed by atoms with Crippen LogP contribution in [-0.2, 0) is 0 Å². The van der Waals surface area contributed by atoms with E-state index >= 15 is 0 Å². The van der Waals surface area contributed by atoms with Gasteiger partial charge in [0, 0.05) is 0 Å². The minimum atomic E-state index is -0.474. The number of hydrogen-bond acceptors (Lipinski definition) is 2. The van der Waals surface area contributed by atoms with Crippen LogP contribution in [0.4, 0.5) is 0 Å². The van der Waals surface area contributed by atoms with Crippen LogP contribution in [0.25, 0.3) is 0 Å². The number of ether oxygens (including phenoxy) is 1. The molecule has 72 valence electrons. The fourth-order valence-corrected chi connectivity index (χ4v) is 2.56. The summed E-state index contributed by atoms with van der Waals surface area (Å²) in [6.07, 6.45) is -0.474. The molecule has 13 heavy (non-hydrogen) atoms. The third kappa shape index (κ3) is 2.45. The molecule has 4 heteroatoms. The van der Waals surface area contributed by atoms with Gasteiger partial charge in [-0.15, -0.1) is 0 Å². The molecule has 1 N–H and O–H groups in total. The summed E-state index contributed by atoms with van der Waals surface area (Å²) in [6, 6.07) is 3.68. The third-order valence-electron chi connectivity index (χ3n) is 1.71. The largest absolute Gasteiger partial charge is 0.494 e. The maximum absolute atomic E-state index is 9.35. The highest BCUT2D eigenvalue weighted by Crippen LogP contribution is 2.35. The molecule has 0 saturated heterocycles. The fraction of sp³-hybridized carbons (Fsp3) is 0.333. The van der Waals surface area contributed by atoms with Crippen LogP contribution in [0.3, 0.4) is 0 Å². The van der Waals surface area contributed by atoms with Gasteiger partial charge in [-0.25, -0.2) is 0 Å². The van der Waals surface area contributed by atoms with Crippen LogP contribution in [-0.4, -0.2) is 12.2 Å². The van der Waals surface area contributed by atoms with Crippen molar-refractivity contribution in [2.75, 3.05) is 7.11 Å². The Kier molecular flexibility index (Phi) is 3.76. The van der Waals surface area contributed by atoms with Crippen LogP contribution >= 0.6 is 31.9 Å². The summed E-state index contributed by atoms with van der Waals surface area (Å²) < 4.78 is 6.80. The molecule has 1 aromatic rings. The van der Waals surface area contributed by atoms with Crippen molar-refractivity contribution in [1.29, 1.82) is 0 Å². The molecule has 1 rings (SSSR count). The summed E-state index contributed by atoms with van der Waals surface area (Å²) in [5, 5.41) is 9.35. The molecular formula is C9H10Br2O2. The normalized spacial score (nSPS) is 12.7. The van der Waals surface area contributed by atoms with Gasteiger partial charge in [-0.05, 0) is 56.5 Å². The molecule has 0 aliphatic heterocycles. The minimum absolute atomic E-state index is 0.474. The van der Waals surface area contributed by atoms with Crippen LogP contribution in [0.1, 0.15) is 18.6 Å². The number of methoxy groups -OCH3 is 1. The van der Waals surface area contributed by atoms with Crippen LogP contribution in [0.15, 0.2) is 21.1 Å². The van der Waals surface area contributed by atoms with Gasteiger partial charge in [-0.3, -0.25) is 0 Å². The zero-order chi connectivity index (χ0) is 10.0. The Hall–Kier alpha value is -0.0600. The van der Waals surface area contributed by atoms with E-state index in [9.17, 15) is 5.11 Å². The standard InChI is InChI=1S/C9H10Br2O2/c1-5(12)6-3-7(10)9(13-2)8(11)4-6/h3-5,12H,1-2H3. The van der Waals surface area contributed by atoms with Gasteiger partial charge in [0.15, 0.2) is 0 Å². The number of aliphatic hydroxyl groups is 1. The first-order valence-electron chi connectivity index (χ1n) is 3.77. The first-order valence-corrected chi connectivity index (χ1v) is 5.36. The zero-order valence-electron chi connectivity index (χ0n) is 7.34. The average Bonchev–Trinajstić information content (AvgIpc) is 2.03. The first-order chi connectivity index (χ1) is 6.06. The van der Waals surface area contributed by atoms with Crippen molar-refractivity contribution < 1.29 is 9.84 Å². The molecule has 1 unspecified atom stereocenters. The summed E-state index contributed by atoms with van der Waals surface area (Å²) in [5.74, 6) is 0.740. The van der Waals surface area contributed by atoms with E-state index in [2.05, 4.69) is 31.9 Å². The molecule has 0 aromatic heterocycles. The summed E-state index contributed by atoms with van der Waals surface area (Å²) in [6.45, 7) is 1.72. The van der Waals surface area contributed by atoms with E-state index in [1.54, 1.807) is 14.0 Å². The lowest BCUT2D eigenvalue weighted by Crippen LogP contribution is -1.93. The smallest absolute Gasteiger partial charge is 0.147 e. The highest BCUT2D eigenvalue weighted by Gasteiger charge is 2.09. The maximum atomic E-state index is 9.35. The predicted molar refractivity (Wildman–Crippen MR) is 59.0 cm³/mol. The predicted octanol–water partition coefficient (Wildman–Crippen LogP) is 3.27. The first kappa shape index (κ1) is 11.0. The number of hydrogen-bond donors (Lipinski definition) is 1. The van der Waals surface area contributed by atoms with Gasteiger partial charge in [0.1, 0.15) is 5.75 Å². The van der Waals surface area contributed by atoms with Crippen molar-refractivity contribution in [1.82, 2.24) is 0 Å². The van der Waals surface area contributed by atoms with Crippen molar-refractivity contribution in [3.8, 4) is 5.75 Å². The second-order valence-electron chi connectivity index (χ2n) is 2.69. The second kappa shape index (κ2) is 4.44. The quantitative estimate of drug-likeness (QED) is 0.908. The van der Waals surface area contributed by atoms with E-state index in [-0.39, 0.29) is 0 Å². The Labute approximate surface area is 94.2 Å². The molecule has 1 aromatic carbocycles. The summed E-state index contributed by atoms with van der Waals surface area (Å²) in [5.41, 5.74) is 0.847. The number of rotatable bonds is 2. The Morgan fingerprint density at radius 1 is 1.31 bits per heavy atom. The summed E-state index contributed by atoms with van der Waals surface area (Å²) in [7, 11) is 1.60. The summed E-state index contributed by atoms with van der Waals surface area (Å²) >= 11 is 6.72. The van der Waals surface area contributed by atoms with Crippen LogP contribution in [0.2, 0.25) is 0 Å². The highest BCUT2D eigenvalue weighted by atomic mass is 79.9. The summed E-state index contributed by atoms with van der Waals surface area (Å²) in [4.78, 5) is 0. The van der Waals surface area contributed by atoms with E-state index in [1.165, 1.54) is 0 Å². The molecule has 0 fully saturated rings. The molecule has 0 bridgehead atoms. The molecular weight excluding hydrogens is 300 g/mol. The molecule has 0 radical (unpaired) electrons. The van der Waals surface area contributed by atoms with Gasteiger partial charge >= 0.3 is 0 Å². The second-order valence-corrected chi connectivity index (χ2v) is 4.40. The van der Waals surface area contributed by atoms with Crippen molar-refractivity contribution in [3.05, 3.63) is 26.6 Å². The van der Waals surface area contributed by atoms with E-state index in [0.29, 0.717) is 0 Å². The third-order valence-corrected chi connectivity index (χ3v) is 2.89. The van der Waals surface area contributed by atoms with Crippen molar-refractivity contribution in [2.45, 2.75) is 13.0 Å². The maximum Gasteiger partial charge on any atom is 0.147 e. The lowest BCUT2D eigenvalue weighted by atomic mass is 10.1. The average molecular weight is 310 g/mol. The lowest BCUT2D eigenvalue weighted by Gasteiger charge is -2.10. The van der Waals surface area contributed by atoms with E-state index in [0.717, 1.165) is 20.3 Å². The van der Waals surface area contributed by atoms with E-state index in [4.69, 9.17) is 4.74 Å². The van der Waals surface area contributed by atoms with Crippen LogP contribution in [0, 0.1) is 0 Å². The number of benzene rings is 1. The van der Waals surface area contributed by atoms with Gasteiger partial charge in [-0.2, -0.15) is 0 Å². The zero-order valence-corrected chi connectivity index (χ0v) is 10.5. The Morgan fingerprint density at radius 3 is 2.08 bits per heavy atom. The van der Waals surface area contributed by atoms with E-state index in [1.807, 2.05) is 12.1 Å². The van der Waals surface area contributed by atoms with Gasteiger partial charge < -0.3 is 9.84 Å². The topological polar surface area (TPSA) is 29.5 Å². The SMILES string of the molecule is COc1c(Br)cc(C(C)O)cc1Br. The molecule has 0 amide bonds. The van der Waals surface area contributed by atoms with Crippen molar-refractivity contribution in [2.24, 2.45) is 0 Å². The van der Waals surface area contributed by atoms with Crippen molar-refractivity contribution in [3.63, 3.8) is 0 Å². The highest BCUT2D eigenvalue weighted by molar-refractivity contribution is 9.11. The monoisotopic (exact) mass is 308 g/mol. The Bertz CT molecular complexity index is 287. The molecule has 0 aliphatic rings. The molecule has 1 atom stereocenters. The lowest BCUT2D eigenvalue weighted by molar-refractivity contribution is 0.199. The molecule has 0 heterocycles. The number of aliphatic hydroxyl groups excluding tert-OH is 1. The molecule has 0 spiro atoms. The van der Waals surface area contributed by atoms with Gasteiger partial charge in [-0.1, -0.05) is 0 Å².